The molecule has 4 rings (SSSR count). The van der Waals surface area contributed by atoms with Crippen LogP contribution in [0.5, 0.6) is 0 Å². The zero-order valence-corrected chi connectivity index (χ0v) is 19.1. The summed E-state index contributed by atoms with van der Waals surface area (Å²) in [4.78, 5) is 42.9. The summed E-state index contributed by atoms with van der Waals surface area (Å²) in [7, 11) is 0. The molecule has 0 fully saturated rings. The fourth-order valence-corrected chi connectivity index (χ4v) is 4.45. The number of aromatic nitrogens is 2. The maximum Gasteiger partial charge on any atom is 0.349 e. The predicted octanol–water partition coefficient (Wildman–Crippen LogP) is 4.35. The molecule has 2 aromatic carbocycles. The van der Waals surface area contributed by atoms with Crippen molar-refractivity contribution in [2.24, 2.45) is 0 Å². The molecule has 0 aliphatic heterocycles. The average molecular weight is 463 g/mol. The Bertz CT molecular complexity index is 1360. The minimum atomic E-state index is -0.472. The van der Waals surface area contributed by atoms with E-state index in [-0.39, 0.29) is 24.7 Å². The largest absolute Gasteiger partial charge is 0.462 e. The van der Waals surface area contributed by atoms with Gasteiger partial charge >= 0.3 is 11.9 Å². The number of ether oxygens (including phenoxy) is 2. The van der Waals surface area contributed by atoms with Crippen molar-refractivity contribution < 1.29 is 19.1 Å². The molecule has 0 saturated carbocycles. The molecule has 8 heteroatoms. The highest BCUT2D eigenvalue weighted by Gasteiger charge is 2.21. The standard InChI is InChI=1S/C25H22N2O5S/c1-3-31-24(29)19-11-9-17(10-12-19)13-27-15-26-22-20(23(27)28)16(2)21(33-22)25(30)32-14-18-7-5-4-6-8-18/h4-12,15H,3,13-14H2,1-2H3. The Hall–Kier alpha value is -3.78. The maximum atomic E-state index is 13.1. The van der Waals surface area contributed by atoms with Gasteiger partial charge in [0.2, 0.25) is 0 Å². The molecule has 168 valence electrons. The Morgan fingerprint density at radius 1 is 0.970 bits per heavy atom. The van der Waals surface area contributed by atoms with Crippen LogP contribution < -0.4 is 5.56 Å². The Morgan fingerprint density at radius 3 is 2.39 bits per heavy atom. The van der Waals surface area contributed by atoms with Crippen molar-refractivity contribution in [3.8, 4) is 0 Å². The molecule has 7 nitrogen and oxygen atoms in total. The second kappa shape index (κ2) is 9.79. The summed E-state index contributed by atoms with van der Waals surface area (Å²) in [5, 5.41) is 0.414. The van der Waals surface area contributed by atoms with Crippen molar-refractivity contribution in [3.63, 3.8) is 0 Å². The molecule has 0 aliphatic carbocycles. The summed E-state index contributed by atoms with van der Waals surface area (Å²) in [6, 6.07) is 16.3. The van der Waals surface area contributed by atoms with Gasteiger partial charge in [-0.05, 0) is 42.7 Å². The average Bonchev–Trinajstić information content (AvgIpc) is 3.17. The van der Waals surface area contributed by atoms with Crippen LogP contribution in [-0.2, 0) is 22.6 Å². The van der Waals surface area contributed by atoms with Crippen molar-refractivity contribution in [1.29, 1.82) is 0 Å². The molecular formula is C25H22N2O5S. The number of hydrogen-bond donors (Lipinski definition) is 0. The zero-order valence-electron chi connectivity index (χ0n) is 18.2. The van der Waals surface area contributed by atoms with E-state index in [2.05, 4.69) is 4.98 Å². The van der Waals surface area contributed by atoms with Crippen LogP contribution in [0.4, 0.5) is 0 Å². The first-order chi connectivity index (χ1) is 16.0. The molecule has 0 bridgehead atoms. The van der Waals surface area contributed by atoms with Gasteiger partial charge in [-0.3, -0.25) is 9.36 Å². The van der Waals surface area contributed by atoms with E-state index in [9.17, 15) is 14.4 Å². The highest BCUT2D eigenvalue weighted by atomic mass is 32.1. The summed E-state index contributed by atoms with van der Waals surface area (Å²) in [5.41, 5.74) is 2.51. The summed E-state index contributed by atoms with van der Waals surface area (Å²) in [5.74, 6) is -0.857. The van der Waals surface area contributed by atoms with E-state index in [1.54, 1.807) is 38.1 Å². The number of carbonyl (C=O) groups is 2. The Balaban J connectivity index is 1.55. The number of fused-ring (bicyclic) bond motifs is 1. The first kappa shape index (κ1) is 22.4. The Kier molecular flexibility index (Phi) is 6.65. The fourth-order valence-electron chi connectivity index (χ4n) is 3.41. The molecule has 0 atom stereocenters. The SMILES string of the molecule is CCOC(=O)c1ccc(Cn2cnc3sc(C(=O)OCc4ccccc4)c(C)c3c2=O)cc1. The van der Waals surface area contributed by atoms with Crippen LogP contribution in [0, 0.1) is 6.92 Å². The molecule has 0 radical (unpaired) electrons. The third kappa shape index (κ3) is 4.85. The third-order valence-corrected chi connectivity index (χ3v) is 6.31. The molecule has 4 aromatic rings. The van der Waals surface area contributed by atoms with Crippen molar-refractivity contribution in [2.75, 3.05) is 6.61 Å². The molecule has 0 amide bonds. The predicted molar refractivity (Wildman–Crippen MR) is 126 cm³/mol. The van der Waals surface area contributed by atoms with Gasteiger partial charge in [0.25, 0.3) is 5.56 Å². The lowest BCUT2D eigenvalue weighted by Crippen LogP contribution is -2.21. The minimum Gasteiger partial charge on any atom is -0.462 e. The summed E-state index contributed by atoms with van der Waals surface area (Å²) >= 11 is 1.16. The van der Waals surface area contributed by atoms with E-state index in [4.69, 9.17) is 9.47 Å². The van der Waals surface area contributed by atoms with Gasteiger partial charge in [-0.2, -0.15) is 0 Å². The van der Waals surface area contributed by atoms with Gasteiger partial charge in [0.05, 0.1) is 30.4 Å². The van der Waals surface area contributed by atoms with Crippen LogP contribution in [0.1, 0.15) is 43.6 Å². The van der Waals surface area contributed by atoms with Crippen LogP contribution in [0.15, 0.2) is 65.7 Å². The van der Waals surface area contributed by atoms with E-state index in [0.29, 0.717) is 32.8 Å². The lowest BCUT2D eigenvalue weighted by molar-refractivity contribution is 0.0476. The van der Waals surface area contributed by atoms with Crippen LogP contribution >= 0.6 is 11.3 Å². The summed E-state index contributed by atoms with van der Waals surface area (Å²) in [6.45, 7) is 4.24. The molecular weight excluding hydrogens is 440 g/mol. The monoisotopic (exact) mass is 462 g/mol. The number of thiophene rings is 1. The number of carbonyl (C=O) groups excluding carboxylic acids is 2. The van der Waals surface area contributed by atoms with Crippen LogP contribution in [0.3, 0.4) is 0 Å². The molecule has 2 heterocycles. The van der Waals surface area contributed by atoms with E-state index in [1.807, 2.05) is 30.3 Å². The van der Waals surface area contributed by atoms with Crippen molar-refractivity contribution >= 4 is 33.5 Å². The molecule has 0 spiro atoms. The third-order valence-electron chi connectivity index (χ3n) is 5.13. The number of rotatable bonds is 7. The van der Waals surface area contributed by atoms with Gasteiger partial charge in [-0.1, -0.05) is 42.5 Å². The first-order valence-corrected chi connectivity index (χ1v) is 11.2. The van der Waals surface area contributed by atoms with Gasteiger partial charge in [0, 0.05) is 0 Å². The first-order valence-electron chi connectivity index (χ1n) is 10.4. The van der Waals surface area contributed by atoms with Gasteiger partial charge in [0.1, 0.15) is 16.3 Å². The van der Waals surface area contributed by atoms with Gasteiger partial charge < -0.3 is 9.47 Å². The van der Waals surface area contributed by atoms with Crippen molar-refractivity contribution in [3.05, 3.63) is 98.4 Å². The lowest BCUT2D eigenvalue weighted by atomic mass is 10.1. The van der Waals surface area contributed by atoms with Crippen LogP contribution in [0.2, 0.25) is 0 Å². The molecule has 0 N–H and O–H groups in total. The molecule has 2 aromatic heterocycles. The lowest BCUT2D eigenvalue weighted by Gasteiger charge is -2.07. The van der Waals surface area contributed by atoms with Crippen LogP contribution in [-0.4, -0.2) is 28.1 Å². The quantitative estimate of drug-likeness (QED) is 0.380. The van der Waals surface area contributed by atoms with E-state index in [0.717, 1.165) is 22.5 Å². The van der Waals surface area contributed by atoms with Crippen LogP contribution in [0.25, 0.3) is 10.2 Å². The van der Waals surface area contributed by atoms with Gasteiger partial charge in [0.15, 0.2) is 0 Å². The molecule has 0 unspecified atom stereocenters. The molecule has 33 heavy (non-hydrogen) atoms. The van der Waals surface area contributed by atoms with E-state index < -0.39 is 5.97 Å². The van der Waals surface area contributed by atoms with Crippen molar-refractivity contribution in [2.45, 2.75) is 27.0 Å². The normalized spacial score (nSPS) is 10.8. The summed E-state index contributed by atoms with van der Waals surface area (Å²) < 4.78 is 11.9. The van der Waals surface area contributed by atoms with E-state index in [1.165, 1.54) is 10.9 Å². The number of benzene rings is 2. The zero-order chi connectivity index (χ0) is 23.4. The number of esters is 2. The number of aryl methyl sites for hydroxylation is 1. The molecule has 0 saturated heterocycles. The Morgan fingerprint density at radius 2 is 1.70 bits per heavy atom. The van der Waals surface area contributed by atoms with Gasteiger partial charge in [-0.25, -0.2) is 14.6 Å². The highest BCUT2D eigenvalue weighted by molar-refractivity contribution is 7.20. The molecule has 0 aliphatic rings. The number of nitrogens with zero attached hydrogens (tertiary/aromatic N) is 2. The minimum absolute atomic E-state index is 0.160. The second-order valence-electron chi connectivity index (χ2n) is 7.39. The second-order valence-corrected chi connectivity index (χ2v) is 8.39. The van der Waals surface area contributed by atoms with E-state index >= 15 is 0 Å². The summed E-state index contributed by atoms with van der Waals surface area (Å²) in [6.07, 6.45) is 1.47. The van der Waals surface area contributed by atoms with Gasteiger partial charge in [-0.15, -0.1) is 11.3 Å². The number of hydrogen-bond acceptors (Lipinski definition) is 7. The smallest absolute Gasteiger partial charge is 0.349 e. The van der Waals surface area contributed by atoms with Crippen molar-refractivity contribution in [1.82, 2.24) is 9.55 Å². The fraction of sp³-hybridized carbons (Fsp3) is 0.200. The topological polar surface area (TPSA) is 87.5 Å². The Labute approximate surface area is 194 Å². The highest BCUT2D eigenvalue weighted by Crippen LogP contribution is 2.27. The maximum absolute atomic E-state index is 13.1.